The van der Waals surface area contributed by atoms with Gasteiger partial charge in [-0.3, -0.25) is 0 Å². The summed E-state index contributed by atoms with van der Waals surface area (Å²) >= 11 is 0. The molecule has 0 atom stereocenters. The molecule has 1 aromatic rings. The second-order valence-electron chi connectivity index (χ2n) is 8.05. The molecular weight excluding hydrogens is 308 g/mol. The summed E-state index contributed by atoms with van der Waals surface area (Å²) in [6.45, 7) is 11.4. The fourth-order valence-corrected chi connectivity index (χ4v) is 2.92. The zero-order valence-electron chi connectivity index (χ0n) is 17.3. The molecule has 1 rings (SSSR count). The maximum atomic E-state index is 6.14. The first kappa shape index (κ1) is 22.0. The molecule has 144 valence electrons. The summed E-state index contributed by atoms with van der Waals surface area (Å²) < 4.78 is 11.8. The monoisotopic (exact) mass is 348 g/mol. The van der Waals surface area contributed by atoms with Crippen molar-refractivity contribution in [3.8, 4) is 5.75 Å². The van der Waals surface area contributed by atoms with Crippen LogP contribution >= 0.6 is 0 Å². The fourth-order valence-electron chi connectivity index (χ4n) is 2.92. The lowest BCUT2D eigenvalue weighted by Gasteiger charge is -2.27. The fraction of sp³-hybridized carbons (Fsp3) is 0.739. The SMILES string of the molecule is CCCCCCCCCc1ccc(OC(C)(C)CCOC(C)C)cc1. The lowest BCUT2D eigenvalue weighted by Crippen LogP contribution is -2.30. The maximum Gasteiger partial charge on any atom is 0.120 e. The first-order chi connectivity index (χ1) is 11.9. The molecule has 0 heterocycles. The normalized spacial score (nSPS) is 11.9. The molecule has 0 aliphatic rings. The minimum atomic E-state index is -0.200. The molecule has 2 nitrogen and oxygen atoms in total. The molecular formula is C23H40O2. The van der Waals surface area contributed by atoms with E-state index in [0.29, 0.717) is 0 Å². The summed E-state index contributed by atoms with van der Waals surface area (Å²) in [5.74, 6) is 0.956. The van der Waals surface area contributed by atoms with Gasteiger partial charge in [0, 0.05) is 6.42 Å². The third-order valence-corrected chi connectivity index (χ3v) is 4.54. The summed E-state index contributed by atoms with van der Waals surface area (Å²) in [6, 6.07) is 8.66. The number of unbranched alkanes of at least 4 members (excludes halogenated alkanes) is 6. The Morgan fingerprint density at radius 3 is 2.08 bits per heavy atom. The van der Waals surface area contributed by atoms with Gasteiger partial charge in [0.2, 0.25) is 0 Å². The Labute approximate surface area is 156 Å². The van der Waals surface area contributed by atoms with Crippen LogP contribution in [0.3, 0.4) is 0 Å². The minimum Gasteiger partial charge on any atom is -0.488 e. The van der Waals surface area contributed by atoms with Gasteiger partial charge in [0.1, 0.15) is 11.4 Å². The van der Waals surface area contributed by atoms with Crippen LogP contribution in [0.2, 0.25) is 0 Å². The van der Waals surface area contributed by atoms with Crippen molar-refractivity contribution in [2.75, 3.05) is 6.61 Å². The second kappa shape index (κ2) is 12.4. The smallest absolute Gasteiger partial charge is 0.120 e. The molecule has 0 unspecified atom stereocenters. The van der Waals surface area contributed by atoms with Crippen LogP contribution in [0, 0.1) is 0 Å². The van der Waals surface area contributed by atoms with Crippen LogP contribution in [0.15, 0.2) is 24.3 Å². The van der Waals surface area contributed by atoms with Crippen molar-refractivity contribution in [3.63, 3.8) is 0 Å². The quantitative estimate of drug-likeness (QED) is 0.339. The lowest BCUT2D eigenvalue weighted by atomic mass is 10.0. The van der Waals surface area contributed by atoms with E-state index in [1.54, 1.807) is 0 Å². The summed E-state index contributed by atoms with van der Waals surface area (Å²) in [5.41, 5.74) is 1.22. The highest BCUT2D eigenvalue weighted by Crippen LogP contribution is 2.22. The van der Waals surface area contributed by atoms with Gasteiger partial charge >= 0.3 is 0 Å². The zero-order valence-corrected chi connectivity index (χ0v) is 17.3. The standard InChI is InChI=1S/C23H40O2/c1-6-7-8-9-10-11-12-13-21-14-16-22(17-15-21)25-23(4,5)18-19-24-20(2)3/h14-17,20H,6-13,18-19H2,1-5H3. The minimum absolute atomic E-state index is 0.200. The molecule has 0 aliphatic carbocycles. The molecule has 2 heteroatoms. The molecule has 0 radical (unpaired) electrons. The van der Waals surface area contributed by atoms with E-state index >= 15 is 0 Å². The molecule has 1 aromatic carbocycles. The van der Waals surface area contributed by atoms with Crippen LogP contribution < -0.4 is 4.74 Å². The topological polar surface area (TPSA) is 18.5 Å². The van der Waals surface area contributed by atoms with Gasteiger partial charge in [-0.25, -0.2) is 0 Å². The van der Waals surface area contributed by atoms with E-state index < -0.39 is 0 Å². The highest BCUT2D eigenvalue weighted by atomic mass is 16.5. The van der Waals surface area contributed by atoms with Gasteiger partial charge in [-0.1, -0.05) is 57.6 Å². The Morgan fingerprint density at radius 2 is 1.48 bits per heavy atom. The molecule has 0 bridgehead atoms. The Hall–Kier alpha value is -1.02. The van der Waals surface area contributed by atoms with E-state index in [-0.39, 0.29) is 11.7 Å². The summed E-state index contributed by atoms with van der Waals surface area (Å²) in [5, 5.41) is 0. The molecule has 25 heavy (non-hydrogen) atoms. The summed E-state index contributed by atoms with van der Waals surface area (Å²) in [4.78, 5) is 0. The van der Waals surface area contributed by atoms with Crippen LogP contribution in [-0.2, 0) is 11.2 Å². The Balaban J connectivity index is 2.26. The predicted molar refractivity (Wildman–Crippen MR) is 109 cm³/mol. The van der Waals surface area contributed by atoms with E-state index in [9.17, 15) is 0 Å². The highest BCUT2D eigenvalue weighted by Gasteiger charge is 2.19. The van der Waals surface area contributed by atoms with Crippen LogP contribution in [0.25, 0.3) is 0 Å². The molecule has 0 fully saturated rings. The van der Waals surface area contributed by atoms with Crippen LogP contribution in [0.5, 0.6) is 5.75 Å². The van der Waals surface area contributed by atoms with Crippen molar-refractivity contribution in [1.29, 1.82) is 0 Å². The van der Waals surface area contributed by atoms with Gasteiger partial charge in [-0.05, 0) is 58.2 Å². The molecule has 0 aromatic heterocycles. The molecule has 0 spiro atoms. The van der Waals surface area contributed by atoms with Crippen molar-refractivity contribution < 1.29 is 9.47 Å². The van der Waals surface area contributed by atoms with Crippen molar-refractivity contribution in [2.45, 2.75) is 104 Å². The average molecular weight is 349 g/mol. The van der Waals surface area contributed by atoms with Gasteiger partial charge in [-0.2, -0.15) is 0 Å². The number of ether oxygens (including phenoxy) is 2. The van der Waals surface area contributed by atoms with Crippen molar-refractivity contribution in [3.05, 3.63) is 29.8 Å². The third-order valence-electron chi connectivity index (χ3n) is 4.54. The zero-order chi connectivity index (χ0) is 18.5. The van der Waals surface area contributed by atoms with Gasteiger partial charge in [0.15, 0.2) is 0 Å². The molecule has 0 aliphatic heterocycles. The second-order valence-corrected chi connectivity index (χ2v) is 8.05. The molecule has 0 saturated heterocycles. The maximum absolute atomic E-state index is 6.14. The van der Waals surface area contributed by atoms with E-state index in [2.05, 4.69) is 58.9 Å². The molecule has 0 amide bonds. The molecule has 0 saturated carbocycles. The van der Waals surface area contributed by atoms with Gasteiger partial charge in [-0.15, -0.1) is 0 Å². The van der Waals surface area contributed by atoms with Crippen LogP contribution in [0.4, 0.5) is 0 Å². The summed E-state index contributed by atoms with van der Waals surface area (Å²) in [7, 11) is 0. The average Bonchev–Trinajstić information content (AvgIpc) is 2.54. The van der Waals surface area contributed by atoms with Crippen LogP contribution in [0.1, 0.15) is 91.5 Å². The highest BCUT2D eigenvalue weighted by molar-refractivity contribution is 5.27. The Morgan fingerprint density at radius 1 is 0.880 bits per heavy atom. The van der Waals surface area contributed by atoms with Gasteiger partial charge in [0.05, 0.1) is 12.7 Å². The van der Waals surface area contributed by atoms with E-state index in [4.69, 9.17) is 9.47 Å². The summed E-state index contributed by atoms with van der Waals surface area (Å²) in [6.07, 6.45) is 11.9. The van der Waals surface area contributed by atoms with Crippen LogP contribution in [-0.4, -0.2) is 18.3 Å². The van der Waals surface area contributed by atoms with E-state index in [0.717, 1.165) is 18.8 Å². The van der Waals surface area contributed by atoms with E-state index in [1.807, 2.05) is 0 Å². The number of rotatable bonds is 14. The van der Waals surface area contributed by atoms with Crippen molar-refractivity contribution in [2.24, 2.45) is 0 Å². The Kier molecular flexibility index (Phi) is 10.9. The Bertz CT molecular complexity index is 434. The number of aryl methyl sites for hydroxylation is 1. The lowest BCUT2D eigenvalue weighted by molar-refractivity contribution is 0.0231. The number of hydrogen-bond donors (Lipinski definition) is 0. The largest absolute Gasteiger partial charge is 0.488 e. The van der Waals surface area contributed by atoms with E-state index in [1.165, 1.54) is 56.9 Å². The third kappa shape index (κ3) is 11.3. The predicted octanol–water partition coefficient (Wildman–Crippen LogP) is 6.95. The number of hydrogen-bond acceptors (Lipinski definition) is 2. The molecule has 0 N–H and O–H groups in total. The first-order valence-electron chi connectivity index (χ1n) is 10.3. The number of benzene rings is 1. The van der Waals surface area contributed by atoms with Crippen molar-refractivity contribution in [1.82, 2.24) is 0 Å². The van der Waals surface area contributed by atoms with Crippen molar-refractivity contribution >= 4 is 0 Å². The first-order valence-corrected chi connectivity index (χ1v) is 10.3. The van der Waals surface area contributed by atoms with Gasteiger partial charge in [0.25, 0.3) is 0 Å². The van der Waals surface area contributed by atoms with Gasteiger partial charge < -0.3 is 9.47 Å².